The van der Waals surface area contributed by atoms with Crippen LogP contribution in [0.3, 0.4) is 0 Å². The number of ether oxygens (including phenoxy) is 1. The van der Waals surface area contributed by atoms with E-state index in [2.05, 4.69) is 0 Å². The molecule has 3 aromatic rings. The second kappa shape index (κ2) is 7.34. The van der Waals surface area contributed by atoms with Crippen LogP contribution in [0.15, 0.2) is 77.7 Å². The molecule has 0 atom stereocenters. The average molecular weight is 436 g/mol. The molecule has 29 heavy (non-hydrogen) atoms. The number of amides is 1. The molecule has 1 fully saturated rings. The van der Waals surface area contributed by atoms with E-state index in [0.29, 0.717) is 14.2 Å². The van der Waals surface area contributed by atoms with Gasteiger partial charge in [0.15, 0.2) is 0 Å². The molecule has 0 saturated carbocycles. The summed E-state index contributed by atoms with van der Waals surface area (Å²) in [4.78, 5) is 15.7. The minimum atomic E-state index is -0.333. The summed E-state index contributed by atoms with van der Waals surface area (Å²) in [6, 6.07) is 22.6. The number of benzene rings is 3. The van der Waals surface area contributed by atoms with E-state index in [9.17, 15) is 4.79 Å². The van der Waals surface area contributed by atoms with Crippen LogP contribution in [0.4, 0.5) is 0 Å². The van der Waals surface area contributed by atoms with Crippen molar-refractivity contribution in [2.45, 2.75) is 6.04 Å². The molecular weight excluding hydrogens is 422 g/mol. The number of carbonyl (C=O) groups is 1. The van der Waals surface area contributed by atoms with Crippen molar-refractivity contribution in [1.82, 2.24) is 4.90 Å². The van der Waals surface area contributed by atoms with Gasteiger partial charge in [-0.1, -0.05) is 90.2 Å². The number of thiocarbonyl (C=S) groups is 1. The molecule has 3 nitrogen and oxygen atoms in total. The van der Waals surface area contributed by atoms with Crippen LogP contribution in [0.2, 0.25) is 5.02 Å². The lowest BCUT2D eigenvalue weighted by molar-refractivity contribution is -0.123. The molecule has 142 valence electrons. The summed E-state index contributed by atoms with van der Waals surface area (Å²) in [7, 11) is 0. The largest absolute Gasteiger partial charge is 0.457 e. The Hall–Kier alpha value is -2.60. The highest BCUT2D eigenvalue weighted by Crippen LogP contribution is 2.49. The first-order valence-corrected chi connectivity index (χ1v) is 10.6. The maximum absolute atomic E-state index is 13.4. The summed E-state index contributed by atoms with van der Waals surface area (Å²) in [5, 5.41) is 0.597. The number of para-hydroxylation sites is 2. The molecule has 2 heterocycles. The van der Waals surface area contributed by atoms with Gasteiger partial charge in [-0.15, -0.1) is 0 Å². The number of thioether (sulfide) groups is 1. The van der Waals surface area contributed by atoms with Crippen molar-refractivity contribution in [1.29, 1.82) is 0 Å². The average Bonchev–Trinajstić information content (AvgIpc) is 3.01. The molecule has 0 N–H and O–H groups in total. The molecule has 6 heteroatoms. The molecule has 2 aliphatic rings. The molecule has 0 unspecified atom stereocenters. The second-order valence-electron chi connectivity index (χ2n) is 6.65. The Morgan fingerprint density at radius 3 is 2.17 bits per heavy atom. The topological polar surface area (TPSA) is 29.5 Å². The van der Waals surface area contributed by atoms with E-state index in [1.54, 1.807) is 17.0 Å². The molecule has 0 aliphatic carbocycles. The number of fused-ring (bicyclic) bond motifs is 2. The summed E-state index contributed by atoms with van der Waals surface area (Å²) >= 11 is 13.2. The smallest absolute Gasteiger partial charge is 0.267 e. The van der Waals surface area contributed by atoms with Crippen molar-refractivity contribution in [2.24, 2.45) is 0 Å². The summed E-state index contributed by atoms with van der Waals surface area (Å²) in [6.07, 6.45) is 1.80. The standard InChI is InChI=1S/C23H14ClNO2S2/c24-17-10-4-1-7-14(17)13-20-22(26)25(23(28)29-20)21-15-8-2-5-11-18(15)27-19-12-6-3-9-16(19)21/h1-13,21H/b20-13+. The van der Waals surface area contributed by atoms with Gasteiger partial charge in [-0.05, 0) is 29.8 Å². The van der Waals surface area contributed by atoms with Gasteiger partial charge in [0.25, 0.3) is 5.91 Å². The summed E-state index contributed by atoms with van der Waals surface area (Å²) in [5.41, 5.74) is 2.63. The minimum absolute atomic E-state index is 0.128. The Bertz CT molecular complexity index is 1150. The normalized spacial score (nSPS) is 17.3. The van der Waals surface area contributed by atoms with Crippen molar-refractivity contribution in [3.63, 3.8) is 0 Å². The monoisotopic (exact) mass is 435 g/mol. The zero-order valence-electron chi connectivity index (χ0n) is 15.0. The summed E-state index contributed by atoms with van der Waals surface area (Å²) in [5.74, 6) is 1.34. The van der Waals surface area contributed by atoms with Crippen molar-refractivity contribution in [3.05, 3.63) is 99.4 Å². The van der Waals surface area contributed by atoms with E-state index >= 15 is 0 Å². The zero-order valence-corrected chi connectivity index (χ0v) is 17.4. The van der Waals surface area contributed by atoms with Crippen LogP contribution in [-0.2, 0) is 4.79 Å². The summed E-state index contributed by atoms with van der Waals surface area (Å²) in [6.45, 7) is 0. The van der Waals surface area contributed by atoms with Gasteiger partial charge in [-0.2, -0.15) is 0 Å². The molecule has 3 aromatic carbocycles. The predicted octanol–water partition coefficient (Wildman–Crippen LogP) is 6.44. The highest BCUT2D eigenvalue weighted by Gasteiger charge is 2.42. The van der Waals surface area contributed by atoms with Crippen LogP contribution in [0.25, 0.3) is 6.08 Å². The third kappa shape index (κ3) is 3.15. The fourth-order valence-corrected chi connectivity index (χ4v) is 5.09. The lowest BCUT2D eigenvalue weighted by atomic mass is 9.93. The van der Waals surface area contributed by atoms with Gasteiger partial charge in [0.1, 0.15) is 15.8 Å². The van der Waals surface area contributed by atoms with Crippen LogP contribution >= 0.6 is 35.6 Å². The Kier molecular flexibility index (Phi) is 4.66. The lowest BCUT2D eigenvalue weighted by Crippen LogP contribution is -2.34. The Balaban J connectivity index is 1.61. The Labute approximate surface area is 182 Å². The second-order valence-corrected chi connectivity index (χ2v) is 8.74. The zero-order chi connectivity index (χ0) is 20.0. The maximum atomic E-state index is 13.4. The van der Waals surface area contributed by atoms with Crippen LogP contribution < -0.4 is 4.74 Å². The number of hydrogen-bond donors (Lipinski definition) is 0. The van der Waals surface area contributed by atoms with E-state index in [1.165, 1.54) is 11.8 Å². The van der Waals surface area contributed by atoms with E-state index < -0.39 is 0 Å². The quantitative estimate of drug-likeness (QED) is 0.342. The van der Waals surface area contributed by atoms with Gasteiger partial charge in [0.05, 0.1) is 10.9 Å². The van der Waals surface area contributed by atoms with Gasteiger partial charge in [0, 0.05) is 16.1 Å². The van der Waals surface area contributed by atoms with Crippen LogP contribution in [0, 0.1) is 0 Å². The van der Waals surface area contributed by atoms with Crippen molar-refractivity contribution in [2.75, 3.05) is 0 Å². The van der Waals surface area contributed by atoms with E-state index in [4.69, 9.17) is 28.6 Å². The van der Waals surface area contributed by atoms with E-state index in [0.717, 1.165) is 28.2 Å². The number of halogens is 1. The first-order chi connectivity index (χ1) is 14.1. The van der Waals surface area contributed by atoms with Gasteiger partial charge in [-0.25, -0.2) is 0 Å². The molecule has 0 radical (unpaired) electrons. The number of hydrogen-bond acceptors (Lipinski definition) is 4. The third-order valence-corrected chi connectivity index (χ3v) is 6.60. The Morgan fingerprint density at radius 1 is 0.931 bits per heavy atom. The van der Waals surface area contributed by atoms with Crippen molar-refractivity contribution < 1.29 is 9.53 Å². The highest BCUT2D eigenvalue weighted by atomic mass is 35.5. The molecule has 0 aromatic heterocycles. The van der Waals surface area contributed by atoms with Gasteiger partial charge in [0.2, 0.25) is 0 Å². The van der Waals surface area contributed by atoms with E-state index in [1.807, 2.05) is 66.7 Å². The lowest BCUT2D eigenvalue weighted by Gasteiger charge is -2.33. The number of carbonyl (C=O) groups excluding carboxylic acids is 1. The molecule has 1 amide bonds. The van der Waals surface area contributed by atoms with Crippen LogP contribution in [0.1, 0.15) is 22.7 Å². The first kappa shape index (κ1) is 18.4. The minimum Gasteiger partial charge on any atom is -0.457 e. The fourth-order valence-electron chi connectivity index (χ4n) is 3.60. The van der Waals surface area contributed by atoms with Gasteiger partial charge >= 0.3 is 0 Å². The molecule has 0 spiro atoms. The van der Waals surface area contributed by atoms with Crippen molar-refractivity contribution >= 4 is 51.9 Å². The Morgan fingerprint density at radius 2 is 1.52 bits per heavy atom. The number of rotatable bonds is 2. The molecule has 2 aliphatic heterocycles. The fraction of sp³-hybridized carbons (Fsp3) is 0.0435. The first-order valence-electron chi connectivity index (χ1n) is 9.01. The van der Waals surface area contributed by atoms with Gasteiger partial charge < -0.3 is 4.74 Å². The molecule has 0 bridgehead atoms. The maximum Gasteiger partial charge on any atom is 0.267 e. The summed E-state index contributed by atoms with van der Waals surface area (Å²) < 4.78 is 6.57. The van der Waals surface area contributed by atoms with E-state index in [-0.39, 0.29) is 11.9 Å². The number of nitrogens with zero attached hydrogens (tertiary/aromatic N) is 1. The van der Waals surface area contributed by atoms with Gasteiger partial charge in [-0.3, -0.25) is 9.69 Å². The molecular formula is C23H14ClNO2S2. The van der Waals surface area contributed by atoms with Crippen molar-refractivity contribution in [3.8, 4) is 11.5 Å². The van der Waals surface area contributed by atoms with Crippen LogP contribution in [0.5, 0.6) is 11.5 Å². The van der Waals surface area contributed by atoms with Crippen LogP contribution in [-0.4, -0.2) is 15.1 Å². The third-order valence-electron chi connectivity index (χ3n) is 4.92. The SMILES string of the molecule is O=C1/C(=C\c2ccccc2Cl)SC(=S)N1C1c2ccccc2Oc2ccccc21. The highest BCUT2D eigenvalue weighted by molar-refractivity contribution is 8.26. The molecule has 5 rings (SSSR count). The predicted molar refractivity (Wildman–Crippen MR) is 121 cm³/mol. The molecule has 1 saturated heterocycles.